The SMILES string of the molecule is O=S(=O)(NCCN1CCNCC1)c1ccc(Cl)c(Cl)c1. The van der Waals surface area contributed by atoms with Crippen molar-refractivity contribution in [1.82, 2.24) is 14.9 Å². The van der Waals surface area contributed by atoms with Crippen LogP contribution in [0.5, 0.6) is 0 Å². The maximum atomic E-state index is 12.1. The molecule has 1 aliphatic heterocycles. The van der Waals surface area contributed by atoms with Crippen molar-refractivity contribution < 1.29 is 8.42 Å². The van der Waals surface area contributed by atoms with Crippen LogP contribution in [0.15, 0.2) is 23.1 Å². The largest absolute Gasteiger partial charge is 0.314 e. The fourth-order valence-corrected chi connectivity index (χ4v) is 3.41. The maximum absolute atomic E-state index is 12.1. The summed E-state index contributed by atoms with van der Waals surface area (Å²) in [5.74, 6) is 0. The summed E-state index contributed by atoms with van der Waals surface area (Å²) >= 11 is 11.6. The molecule has 1 aliphatic rings. The van der Waals surface area contributed by atoms with E-state index in [1.165, 1.54) is 18.2 Å². The van der Waals surface area contributed by atoms with E-state index in [9.17, 15) is 8.42 Å². The van der Waals surface area contributed by atoms with Crippen LogP contribution >= 0.6 is 23.2 Å². The summed E-state index contributed by atoms with van der Waals surface area (Å²) in [6.07, 6.45) is 0. The quantitative estimate of drug-likeness (QED) is 0.846. The highest BCUT2D eigenvalue weighted by molar-refractivity contribution is 7.89. The molecule has 1 saturated heterocycles. The molecule has 5 nitrogen and oxygen atoms in total. The molecule has 1 aromatic carbocycles. The Morgan fingerprint density at radius 3 is 2.55 bits per heavy atom. The van der Waals surface area contributed by atoms with Gasteiger partial charge < -0.3 is 5.32 Å². The second-order valence-electron chi connectivity index (χ2n) is 4.57. The number of hydrogen-bond donors (Lipinski definition) is 2. The predicted octanol–water partition coefficient (Wildman–Crippen LogP) is 1.18. The van der Waals surface area contributed by atoms with Gasteiger partial charge in [0, 0.05) is 39.3 Å². The summed E-state index contributed by atoms with van der Waals surface area (Å²) in [6, 6.07) is 4.28. The highest BCUT2D eigenvalue weighted by Gasteiger charge is 2.16. The van der Waals surface area contributed by atoms with Gasteiger partial charge in [-0.05, 0) is 18.2 Å². The van der Waals surface area contributed by atoms with Gasteiger partial charge in [0.2, 0.25) is 10.0 Å². The van der Waals surface area contributed by atoms with Crippen LogP contribution in [0, 0.1) is 0 Å². The van der Waals surface area contributed by atoms with Gasteiger partial charge in [0.15, 0.2) is 0 Å². The van der Waals surface area contributed by atoms with Crippen LogP contribution in [-0.4, -0.2) is 52.6 Å². The van der Waals surface area contributed by atoms with Crippen molar-refractivity contribution in [2.75, 3.05) is 39.3 Å². The first-order chi connectivity index (χ1) is 9.49. The Morgan fingerprint density at radius 1 is 1.20 bits per heavy atom. The van der Waals surface area contributed by atoms with Crippen LogP contribution in [-0.2, 0) is 10.0 Å². The van der Waals surface area contributed by atoms with Gasteiger partial charge in [-0.3, -0.25) is 4.90 Å². The molecule has 0 aromatic heterocycles. The third kappa shape index (κ3) is 4.31. The van der Waals surface area contributed by atoms with E-state index in [1.54, 1.807) is 0 Å². The van der Waals surface area contributed by atoms with Crippen LogP contribution in [0.25, 0.3) is 0 Å². The maximum Gasteiger partial charge on any atom is 0.240 e. The van der Waals surface area contributed by atoms with Gasteiger partial charge in [0.05, 0.1) is 14.9 Å². The minimum absolute atomic E-state index is 0.132. The van der Waals surface area contributed by atoms with Gasteiger partial charge in [-0.1, -0.05) is 23.2 Å². The van der Waals surface area contributed by atoms with Crippen LogP contribution in [0.1, 0.15) is 0 Å². The monoisotopic (exact) mass is 337 g/mol. The van der Waals surface area contributed by atoms with E-state index < -0.39 is 10.0 Å². The van der Waals surface area contributed by atoms with Crippen molar-refractivity contribution in [2.24, 2.45) is 0 Å². The van der Waals surface area contributed by atoms with E-state index in [4.69, 9.17) is 23.2 Å². The van der Waals surface area contributed by atoms with Crippen LogP contribution in [0.3, 0.4) is 0 Å². The first-order valence-electron chi connectivity index (χ1n) is 6.37. The third-order valence-corrected chi connectivity index (χ3v) is 5.33. The standard InChI is InChI=1S/C12H17Cl2N3O2S/c13-11-2-1-10(9-12(11)14)20(18,19)16-5-8-17-6-3-15-4-7-17/h1-2,9,15-16H,3-8H2. The van der Waals surface area contributed by atoms with Gasteiger partial charge >= 0.3 is 0 Å². The molecule has 0 unspecified atom stereocenters. The fourth-order valence-electron chi connectivity index (χ4n) is 2.00. The average Bonchev–Trinajstić information content (AvgIpc) is 2.43. The van der Waals surface area contributed by atoms with E-state index >= 15 is 0 Å². The molecule has 112 valence electrons. The molecule has 8 heteroatoms. The smallest absolute Gasteiger partial charge is 0.240 e. The van der Waals surface area contributed by atoms with E-state index in [0.29, 0.717) is 18.1 Å². The number of benzene rings is 1. The molecule has 2 N–H and O–H groups in total. The molecule has 1 heterocycles. The predicted molar refractivity (Wildman–Crippen MR) is 81.0 cm³/mol. The van der Waals surface area contributed by atoms with Crippen LogP contribution in [0.4, 0.5) is 0 Å². The molecule has 0 saturated carbocycles. The Hall–Kier alpha value is -0.370. The van der Waals surface area contributed by atoms with Gasteiger partial charge in [-0.2, -0.15) is 0 Å². The van der Waals surface area contributed by atoms with Gasteiger partial charge in [-0.15, -0.1) is 0 Å². The number of rotatable bonds is 5. The Kier molecular flexibility index (Phi) is 5.65. The van der Waals surface area contributed by atoms with Crippen molar-refractivity contribution in [3.63, 3.8) is 0 Å². The number of halogens is 2. The minimum Gasteiger partial charge on any atom is -0.314 e. The van der Waals surface area contributed by atoms with Crippen LogP contribution < -0.4 is 10.0 Å². The number of sulfonamides is 1. The first-order valence-corrected chi connectivity index (χ1v) is 8.61. The fraction of sp³-hybridized carbons (Fsp3) is 0.500. The Balaban J connectivity index is 1.91. The zero-order chi connectivity index (χ0) is 14.6. The van der Waals surface area contributed by atoms with Gasteiger partial charge in [-0.25, -0.2) is 13.1 Å². The molecular weight excluding hydrogens is 321 g/mol. The summed E-state index contributed by atoms with van der Waals surface area (Å²) in [4.78, 5) is 2.35. The molecular formula is C12H17Cl2N3O2S. The summed E-state index contributed by atoms with van der Waals surface area (Å²) in [6.45, 7) is 4.84. The van der Waals surface area contributed by atoms with Gasteiger partial charge in [0.1, 0.15) is 0 Å². The third-order valence-electron chi connectivity index (χ3n) is 3.13. The van der Waals surface area contributed by atoms with Gasteiger partial charge in [0.25, 0.3) is 0 Å². The van der Waals surface area contributed by atoms with Crippen molar-refractivity contribution in [3.8, 4) is 0 Å². The summed E-state index contributed by atoms with van der Waals surface area (Å²) in [7, 11) is -3.54. The van der Waals surface area contributed by atoms with Crippen molar-refractivity contribution in [1.29, 1.82) is 0 Å². The van der Waals surface area contributed by atoms with Crippen LogP contribution in [0.2, 0.25) is 10.0 Å². The highest BCUT2D eigenvalue weighted by atomic mass is 35.5. The molecule has 1 fully saturated rings. The first kappa shape index (κ1) is 16.0. The van der Waals surface area contributed by atoms with E-state index in [0.717, 1.165) is 26.2 Å². The molecule has 20 heavy (non-hydrogen) atoms. The van der Waals surface area contributed by atoms with E-state index in [1.807, 2.05) is 0 Å². The Morgan fingerprint density at radius 2 is 1.90 bits per heavy atom. The lowest BCUT2D eigenvalue weighted by molar-refractivity contribution is 0.245. The lowest BCUT2D eigenvalue weighted by Crippen LogP contribution is -2.46. The lowest BCUT2D eigenvalue weighted by Gasteiger charge is -2.27. The molecule has 1 aromatic rings. The summed E-state index contributed by atoms with van der Waals surface area (Å²) < 4.78 is 26.8. The minimum atomic E-state index is -3.54. The number of hydrogen-bond acceptors (Lipinski definition) is 4. The van der Waals surface area contributed by atoms with Crippen molar-refractivity contribution in [3.05, 3.63) is 28.2 Å². The number of piperazine rings is 1. The normalized spacial score (nSPS) is 17.3. The second-order valence-corrected chi connectivity index (χ2v) is 7.15. The lowest BCUT2D eigenvalue weighted by atomic mass is 10.3. The van der Waals surface area contributed by atoms with E-state index in [2.05, 4.69) is 14.9 Å². The molecule has 2 rings (SSSR count). The topological polar surface area (TPSA) is 61.4 Å². The average molecular weight is 338 g/mol. The van der Waals surface area contributed by atoms with E-state index in [-0.39, 0.29) is 9.92 Å². The number of nitrogens with zero attached hydrogens (tertiary/aromatic N) is 1. The zero-order valence-corrected chi connectivity index (χ0v) is 13.2. The van der Waals surface area contributed by atoms with Crippen molar-refractivity contribution in [2.45, 2.75) is 4.90 Å². The molecule has 0 amide bonds. The molecule has 0 atom stereocenters. The molecule has 0 bridgehead atoms. The Bertz CT molecular complexity index is 560. The van der Waals surface area contributed by atoms with Crippen molar-refractivity contribution >= 4 is 33.2 Å². The zero-order valence-electron chi connectivity index (χ0n) is 10.9. The molecule has 0 aliphatic carbocycles. The number of nitrogens with one attached hydrogen (secondary N) is 2. The Labute approximate surface area is 129 Å². The molecule has 0 radical (unpaired) electrons. The second kappa shape index (κ2) is 7.06. The summed E-state index contributed by atoms with van der Waals surface area (Å²) in [5.41, 5.74) is 0. The highest BCUT2D eigenvalue weighted by Crippen LogP contribution is 2.24. The molecule has 0 spiro atoms. The summed E-state index contributed by atoms with van der Waals surface area (Å²) in [5, 5.41) is 3.82.